The normalized spacial score (nSPS) is 17.2. The number of imidazole rings is 1. The van der Waals surface area contributed by atoms with E-state index in [2.05, 4.69) is 25.2 Å². The van der Waals surface area contributed by atoms with Crippen LogP contribution in [0.4, 0.5) is 24.8 Å². The number of aliphatic imine (C=N–C) groups is 1. The molecule has 2 heterocycles. The first-order valence-electron chi connectivity index (χ1n) is 10.2. The van der Waals surface area contributed by atoms with Gasteiger partial charge in [-0.1, -0.05) is 11.6 Å². The van der Waals surface area contributed by atoms with Gasteiger partial charge in [-0.15, -0.1) is 0 Å². The van der Waals surface area contributed by atoms with E-state index in [0.29, 0.717) is 6.61 Å². The molecule has 1 saturated heterocycles. The lowest BCUT2D eigenvalue weighted by Gasteiger charge is -2.15. The summed E-state index contributed by atoms with van der Waals surface area (Å²) in [5, 5.41) is 12.7. The number of hydroxylamine groups is 1. The number of anilines is 1. The minimum absolute atomic E-state index is 0.0283. The molecule has 12 heteroatoms. The van der Waals surface area contributed by atoms with Crippen molar-refractivity contribution in [1.29, 1.82) is 0 Å². The van der Waals surface area contributed by atoms with Crippen molar-refractivity contribution in [1.82, 2.24) is 20.3 Å². The Kier molecular flexibility index (Phi) is 7.03. The second-order valence-electron chi connectivity index (χ2n) is 7.62. The maximum absolute atomic E-state index is 14.5. The van der Waals surface area contributed by atoms with Gasteiger partial charge in [0.1, 0.15) is 11.3 Å². The number of hydrogen-bond donors (Lipinski definition) is 4. The SMILES string of the molecule is COCCN1CCC(Nc2nc3c(F)c(F)cc(C(=Nc4ccc(F)c(Cl)c4)NO)c3[nH]2)C1. The standard InChI is InChI=1S/C21H22ClF3N6O2/c1-33-7-6-31-5-4-12(10-31)27-21-28-18-13(9-16(24)17(25)19(18)29-21)20(30-32)26-11-2-3-15(23)14(22)8-11/h2-3,8-9,12,32H,4-7,10H2,1H3,(H,26,30)(H2,27,28,29). The van der Waals surface area contributed by atoms with Crippen LogP contribution in [0.3, 0.4) is 0 Å². The van der Waals surface area contributed by atoms with Gasteiger partial charge in [-0.25, -0.2) is 23.1 Å². The molecule has 1 aromatic heterocycles. The molecule has 0 saturated carbocycles. The largest absolute Gasteiger partial charge is 0.383 e. The molecule has 0 spiro atoms. The molecule has 0 bridgehead atoms. The fourth-order valence-electron chi connectivity index (χ4n) is 3.75. The van der Waals surface area contributed by atoms with Gasteiger partial charge in [-0.3, -0.25) is 15.6 Å². The Morgan fingerprint density at radius 1 is 1.33 bits per heavy atom. The predicted molar refractivity (Wildman–Crippen MR) is 119 cm³/mol. The van der Waals surface area contributed by atoms with E-state index in [1.807, 2.05) is 5.48 Å². The number of H-pyrrole nitrogens is 1. The van der Waals surface area contributed by atoms with Crippen LogP contribution in [-0.2, 0) is 4.74 Å². The highest BCUT2D eigenvalue weighted by atomic mass is 35.5. The van der Waals surface area contributed by atoms with E-state index < -0.39 is 17.5 Å². The minimum atomic E-state index is -1.16. The fraction of sp³-hybridized carbons (Fsp3) is 0.333. The zero-order valence-corrected chi connectivity index (χ0v) is 18.4. The zero-order valence-electron chi connectivity index (χ0n) is 17.6. The molecule has 1 aliphatic rings. The lowest BCUT2D eigenvalue weighted by Crippen LogP contribution is -2.29. The number of nitrogens with zero attached hydrogens (tertiary/aromatic N) is 3. The average Bonchev–Trinajstić information content (AvgIpc) is 3.43. The number of aromatic nitrogens is 2. The van der Waals surface area contributed by atoms with E-state index in [1.54, 1.807) is 7.11 Å². The first-order valence-corrected chi connectivity index (χ1v) is 10.6. The molecule has 2 aromatic carbocycles. The molecule has 3 aromatic rings. The van der Waals surface area contributed by atoms with Gasteiger partial charge < -0.3 is 15.0 Å². The highest BCUT2D eigenvalue weighted by Gasteiger charge is 2.25. The Morgan fingerprint density at radius 2 is 2.15 bits per heavy atom. The number of halogens is 4. The van der Waals surface area contributed by atoms with E-state index in [-0.39, 0.29) is 45.1 Å². The van der Waals surface area contributed by atoms with Crippen LogP contribution >= 0.6 is 11.6 Å². The lowest BCUT2D eigenvalue weighted by molar-refractivity contribution is 0.160. The average molecular weight is 483 g/mol. The third-order valence-corrected chi connectivity index (χ3v) is 5.68. The Hall–Kier alpha value is -2.86. The van der Waals surface area contributed by atoms with Gasteiger partial charge in [0.15, 0.2) is 17.5 Å². The summed E-state index contributed by atoms with van der Waals surface area (Å²) < 4.78 is 47.4. The van der Waals surface area contributed by atoms with E-state index in [0.717, 1.165) is 38.2 Å². The summed E-state index contributed by atoms with van der Waals surface area (Å²) in [6.07, 6.45) is 0.848. The quantitative estimate of drug-likeness (QED) is 0.232. The number of methoxy groups -OCH3 is 1. The summed E-state index contributed by atoms with van der Waals surface area (Å²) in [4.78, 5) is 13.5. The molecule has 4 N–H and O–H groups in total. The molecule has 1 unspecified atom stereocenters. The monoisotopic (exact) mass is 482 g/mol. The number of nitrogens with one attached hydrogen (secondary N) is 3. The lowest BCUT2D eigenvalue weighted by atomic mass is 10.1. The molecular formula is C21H22ClF3N6O2. The Balaban J connectivity index is 1.66. The molecule has 4 rings (SSSR count). The molecule has 0 aliphatic carbocycles. The summed E-state index contributed by atoms with van der Waals surface area (Å²) in [6.45, 7) is 3.05. The third-order valence-electron chi connectivity index (χ3n) is 5.39. The first kappa shape index (κ1) is 23.3. The second kappa shape index (κ2) is 9.96. The van der Waals surface area contributed by atoms with Gasteiger partial charge in [-0.05, 0) is 30.7 Å². The molecule has 1 atom stereocenters. The van der Waals surface area contributed by atoms with Gasteiger partial charge in [0, 0.05) is 38.3 Å². The number of fused-ring (bicyclic) bond motifs is 1. The van der Waals surface area contributed by atoms with Gasteiger partial charge in [0.25, 0.3) is 0 Å². The van der Waals surface area contributed by atoms with Crippen molar-refractivity contribution in [2.45, 2.75) is 12.5 Å². The molecule has 0 amide bonds. The maximum Gasteiger partial charge on any atom is 0.201 e. The first-order chi connectivity index (χ1) is 15.9. The third kappa shape index (κ3) is 5.06. The van der Waals surface area contributed by atoms with Crippen LogP contribution in [0, 0.1) is 17.5 Å². The van der Waals surface area contributed by atoms with Crippen molar-refractivity contribution >= 4 is 40.1 Å². The van der Waals surface area contributed by atoms with Crippen molar-refractivity contribution in [2.75, 3.05) is 38.7 Å². The maximum atomic E-state index is 14.5. The summed E-state index contributed by atoms with van der Waals surface area (Å²) in [5.74, 6) is -2.88. The van der Waals surface area contributed by atoms with Gasteiger partial charge >= 0.3 is 0 Å². The van der Waals surface area contributed by atoms with Crippen molar-refractivity contribution in [3.63, 3.8) is 0 Å². The van der Waals surface area contributed by atoms with Crippen molar-refractivity contribution < 1.29 is 23.1 Å². The smallest absolute Gasteiger partial charge is 0.201 e. The van der Waals surface area contributed by atoms with E-state index in [1.165, 1.54) is 12.1 Å². The van der Waals surface area contributed by atoms with Crippen molar-refractivity contribution in [2.24, 2.45) is 4.99 Å². The molecule has 0 radical (unpaired) electrons. The molecule has 33 heavy (non-hydrogen) atoms. The Labute approximate surface area is 192 Å². The van der Waals surface area contributed by atoms with E-state index in [4.69, 9.17) is 16.3 Å². The minimum Gasteiger partial charge on any atom is -0.383 e. The fourth-order valence-corrected chi connectivity index (χ4v) is 3.93. The Bertz CT molecular complexity index is 1190. The van der Waals surface area contributed by atoms with Gasteiger partial charge in [0.05, 0.1) is 22.8 Å². The number of benzene rings is 2. The summed E-state index contributed by atoms with van der Waals surface area (Å²) in [7, 11) is 1.65. The molecule has 1 aliphatic heterocycles. The number of ether oxygens (including phenoxy) is 1. The van der Waals surface area contributed by atoms with E-state index >= 15 is 0 Å². The highest BCUT2D eigenvalue weighted by molar-refractivity contribution is 6.31. The van der Waals surface area contributed by atoms with Crippen LogP contribution in [-0.4, -0.2) is 65.3 Å². The van der Waals surface area contributed by atoms with Crippen LogP contribution in [0.25, 0.3) is 11.0 Å². The molecule has 1 fully saturated rings. The van der Waals surface area contributed by atoms with Crippen LogP contribution in [0.5, 0.6) is 0 Å². The number of likely N-dealkylation sites (tertiary alicyclic amines) is 1. The number of rotatable bonds is 7. The molecular weight excluding hydrogens is 461 g/mol. The van der Waals surface area contributed by atoms with Crippen LogP contribution in [0.1, 0.15) is 12.0 Å². The molecule has 8 nitrogen and oxygen atoms in total. The molecule has 176 valence electrons. The Morgan fingerprint density at radius 3 is 2.88 bits per heavy atom. The van der Waals surface area contributed by atoms with Gasteiger partial charge in [0.2, 0.25) is 5.95 Å². The summed E-state index contributed by atoms with van der Waals surface area (Å²) >= 11 is 5.78. The van der Waals surface area contributed by atoms with Gasteiger partial charge in [-0.2, -0.15) is 0 Å². The zero-order chi connectivity index (χ0) is 23.5. The van der Waals surface area contributed by atoms with Crippen LogP contribution in [0.15, 0.2) is 29.3 Å². The van der Waals surface area contributed by atoms with Crippen LogP contribution < -0.4 is 10.8 Å². The highest BCUT2D eigenvalue weighted by Crippen LogP contribution is 2.27. The summed E-state index contributed by atoms with van der Waals surface area (Å²) in [5.41, 5.74) is 1.98. The number of hydrogen-bond acceptors (Lipinski definition) is 6. The number of amidine groups is 1. The van der Waals surface area contributed by atoms with Crippen molar-refractivity contribution in [3.05, 3.63) is 52.3 Å². The predicted octanol–water partition coefficient (Wildman–Crippen LogP) is 3.82. The number of aromatic amines is 1. The van der Waals surface area contributed by atoms with E-state index in [9.17, 15) is 18.4 Å². The summed E-state index contributed by atoms with van der Waals surface area (Å²) in [6, 6.07) is 4.61. The van der Waals surface area contributed by atoms with Crippen molar-refractivity contribution in [3.8, 4) is 0 Å². The second-order valence-corrected chi connectivity index (χ2v) is 8.03. The topological polar surface area (TPSA) is 97.8 Å². The van der Waals surface area contributed by atoms with Crippen LogP contribution in [0.2, 0.25) is 5.02 Å².